The van der Waals surface area contributed by atoms with E-state index in [0.717, 1.165) is 25.8 Å². The highest BCUT2D eigenvalue weighted by atomic mass is 32.2. The van der Waals surface area contributed by atoms with Crippen molar-refractivity contribution >= 4 is 17.7 Å². The molecule has 1 fully saturated rings. The van der Waals surface area contributed by atoms with Crippen LogP contribution in [0.2, 0.25) is 0 Å². The number of nitrogens with one attached hydrogen (secondary N) is 1. The normalized spacial score (nSPS) is 18.2. The number of halogens is 1. The zero-order valence-corrected chi connectivity index (χ0v) is 15.4. The summed E-state index contributed by atoms with van der Waals surface area (Å²) in [7, 11) is 0. The van der Waals surface area contributed by atoms with Crippen LogP contribution in [0, 0.1) is 11.7 Å². The molecule has 0 bridgehead atoms. The van der Waals surface area contributed by atoms with E-state index in [4.69, 9.17) is 0 Å². The Morgan fingerprint density at radius 1 is 1.32 bits per heavy atom. The summed E-state index contributed by atoms with van der Waals surface area (Å²) in [5.74, 6) is 0.602. The van der Waals surface area contributed by atoms with Crippen LogP contribution in [0.5, 0.6) is 0 Å². The van der Waals surface area contributed by atoms with Gasteiger partial charge in [0.1, 0.15) is 5.82 Å². The van der Waals surface area contributed by atoms with Crippen LogP contribution in [0.25, 0.3) is 11.4 Å². The van der Waals surface area contributed by atoms with Gasteiger partial charge in [-0.25, -0.2) is 4.39 Å². The third kappa shape index (κ3) is 4.21. The van der Waals surface area contributed by atoms with E-state index >= 15 is 0 Å². The quantitative estimate of drug-likeness (QED) is 0.884. The summed E-state index contributed by atoms with van der Waals surface area (Å²) < 4.78 is 16.2. The third-order valence-electron chi connectivity index (χ3n) is 4.11. The predicted octanol–water partition coefficient (Wildman–Crippen LogP) is 3.50. The fourth-order valence-corrected chi connectivity index (χ4v) is 4.00. The molecular weight excluding hydrogens is 339 g/mol. The molecule has 1 saturated heterocycles. The van der Waals surface area contributed by atoms with Gasteiger partial charge in [-0.05, 0) is 30.9 Å². The van der Waals surface area contributed by atoms with E-state index in [1.165, 1.54) is 17.8 Å². The second-order valence-corrected chi connectivity index (χ2v) is 7.85. The van der Waals surface area contributed by atoms with Crippen molar-refractivity contribution in [2.75, 3.05) is 6.54 Å². The lowest BCUT2D eigenvalue weighted by Crippen LogP contribution is -2.30. The van der Waals surface area contributed by atoms with Crippen LogP contribution in [0.4, 0.5) is 4.39 Å². The van der Waals surface area contributed by atoms with Gasteiger partial charge in [0.05, 0.1) is 10.8 Å². The number of amides is 1. The standard InChI is InChI=1S/C18H23FN4OS/c1-12(2)11-23-16(13-7-3-4-8-14(13)19)21-22-18(23)25-15-9-5-6-10-20-17(15)24/h3-4,7-8,12,15H,5-6,9-11H2,1-2H3,(H,20,24). The number of nitrogens with zero attached hydrogens (tertiary/aromatic N) is 3. The van der Waals surface area contributed by atoms with Gasteiger partial charge in [0.2, 0.25) is 5.91 Å². The van der Waals surface area contributed by atoms with Crippen molar-refractivity contribution in [2.45, 2.75) is 50.1 Å². The molecular formula is C18H23FN4OS. The van der Waals surface area contributed by atoms with E-state index in [1.807, 2.05) is 4.57 Å². The second-order valence-electron chi connectivity index (χ2n) is 6.68. The van der Waals surface area contributed by atoms with E-state index < -0.39 is 0 Å². The summed E-state index contributed by atoms with van der Waals surface area (Å²) in [5.41, 5.74) is 0.438. The predicted molar refractivity (Wildman–Crippen MR) is 96.8 cm³/mol. The van der Waals surface area contributed by atoms with Crippen molar-refractivity contribution in [1.29, 1.82) is 0 Å². The summed E-state index contributed by atoms with van der Waals surface area (Å²) in [6.07, 6.45) is 2.83. The number of rotatable bonds is 5. The summed E-state index contributed by atoms with van der Waals surface area (Å²) in [6.45, 7) is 5.60. The Morgan fingerprint density at radius 2 is 2.12 bits per heavy atom. The van der Waals surface area contributed by atoms with Crippen molar-refractivity contribution in [3.05, 3.63) is 30.1 Å². The number of carbonyl (C=O) groups excluding carboxylic acids is 1. The molecule has 0 radical (unpaired) electrons. The number of hydrogen-bond donors (Lipinski definition) is 1. The van der Waals surface area contributed by atoms with Gasteiger partial charge >= 0.3 is 0 Å². The molecule has 1 aliphatic heterocycles. The molecule has 0 aliphatic carbocycles. The monoisotopic (exact) mass is 362 g/mol. The average Bonchev–Trinajstić information content (AvgIpc) is 2.83. The average molecular weight is 362 g/mol. The lowest BCUT2D eigenvalue weighted by Gasteiger charge is -2.16. The molecule has 3 rings (SSSR count). The molecule has 2 heterocycles. The van der Waals surface area contributed by atoms with Gasteiger partial charge in [0, 0.05) is 13.1 Å². The van der Waals surface area contributed by atoms with Gasteiger partial charge in [0.25, 0.3) is 0 Å². The lowest BCUT2D eigenvalue weighted by molar-refractivity contribution is -0.120. The van der Waals surface area contributed by atoms with Crippen LogP contribution >= 0.6 is 11.8 Å². The van der Waals surface area contributed by atoms with Gasteiger partial charge in [-0.1, -0.05) is 44.2 Å². The minimum absolute atomic E-state index is 0.0500. The van der Waals surface area contributed by atoms with Gasteiger partial charge in [-0.2, -0.15) is 0 Å². The smallest absolute Gasteiger partial charge is 0.233 e. The van der Waals surface area contributed by atoms with Crippen LogP contribution in [0.1, 0.15) is 33.1 Å². The maximum Gasteiger partial charge on any atom is 0.233 e. The summed E-state index contributed by atoms with van der Waals surface area (Å²) in [4.78, 5) is 12.2. The highest BCUT2D eigenvalue weighted by molar-refractivity contribution is 8.00. The Labute approximate surface area is 151 Å². The van der Waals surface area contributed by atoms with Gasteiger partial charge in [-0.3, -0.25) is 4.79 Å². The molecule has 0 saturated carbocycles. The number of thioether (sulfide) groups is 1. The van der Waals surface area contributed by atoms with E-state index in [2.05, 4.69) is 29.4 Å². The fraction of sp³-hybridized carbons (Fsp3) is 0.500. The Morgan fingerprint density at radius 3 is 2.88 bits per heavy atom. The molecule has 134 valence electrons. The van der Waals surface area contributed by atoms with Crippen molar-refractivity contribution in [3.8, 4) is 11.4 Å². The lowest BCUT2D eigenvalue weighted by atomic mass is 10.2. The Kier molecular flexibility index (Phi) is 5.73. The van der Waals surface area contributed by atoms with E-state index in [0.29, 0.717) is 29.0 Å². The Balaban J connectivity index is 1.94. The molecule has 1 atom stereocenters. The van der Waals surface area contributed by atoms with Crippen LogP contribution < -0.4 is 5.32 Å². The maximum atomic E-state index is 14.2. The zero-order valence-electron chi connectivity index (χ0n) is 14.5. The molecule has 7 heteroatoms. The number of carbonyl (C=O) groups is 1. The molecule has 2 aromatic rings. The summed E-state index contributed by atoms with van der Waals surface area (Å²) in [6, 6.07) is 6.59. The number of benzene rings is 1. The third-order valence-corrected chi connectivity index (χ3v) is 5.36. The van der Waals surface area contributed by atoms with Crippen LogP contribution in [-0.2, 0) is 11.3 Å². The number of aromatic nitrogens is 3. The van der Waals surface area contributed by atoms with Gasteiger partial charge in [-0.15, -0.1) is 10.2 Å². The molecule has 1 aromatic carbocycles. The topological polar surface area (TPSA) is 59.8 Å². The van der Waals surface area contributed by atoms with E-state index in [-0.39, 0.29) is 17.0 Å². The summed E-state index contributed by atoms with van der Waals surface area (Å²) in [5, 5.41) is 12.0. The minimum Gasteiger partial charge on any atom is -0.355 e. The number of hydrogen-bond acceptors (Lipinski definition) is 4. The molecule has 25 heavy (non-hydrogen) atoms. The minimum atomic E-state index is -0.316. The first-order chi connectivity index (χ1) is 12.1. The van der Waals surface area contributed by atoms with Gasteiger partial charge < -0.3 is 9.88 Å². The Bertz CT molecular complexity index is 746. The van der Waals surface area contributed by atoms with Crippen LogP contribution in [0.15, 0.2) is 29.4 Å². The highest BCUT2D eigenvalue weighted by Gasteiger charge is 2.26. The summed E-state index contributed by atoms with van der Waals surface area (Å²) >= 11 is 1.43. The fourth-order valence-electron chi connectivity index (χ4n) is 2.90. The second kappa shape index (κ2) is 7.99. The maximum absolute atomic E-state index is 14.2. The Hall–Kier alpha value is -1.89. The largest absolute Gasteiger partial charge is 0.355 e. The molecule has 0 spiro atoms. The van der Waals surface area contributed by atoms with Crippen LogP contribution in [0.3, 0.4) is 0 Å². The first-order valence-corrected chi connectivity index (χ1v) is 9.56. The molecule has 1 unspecified atom stereocenters. The molecule has 5 nitrogen and oxygen atoms in total. The first-order valence-electron chi connectivity index (χ1n) is 8.68. The van der Waals surface area contributed by atoms with Crippen molar-refractivity contribution in [1.82, 2.24) is 20.1 Å². The van der Waals surface area contributed by atoms with Gasteiger partial charge in [0.15, 0.2) is 11.0 Å². The molecule has 1 amide bonds. The van der Waals surface area contributed by atoms with Crippen molar-refractivity contribution in [2.24, 2.45) is 5.92 Å². The van der Waals surface area contributed by atoms with E-state index in [1.54, 1.807) is 18.2 Å². The first kappa shape index (κ1) is 17.9. The molecule has 1 aromatic heterocycles. The zero-order chi connectivity index (χ0) is 17.8. The van der Waals surface area contributed by atoms with E-state index in [9.17, 15) is 9.18 Å². The highest BCUT2D eigenvalue weighted by Crippen LogP contribution is 2.31. The van der Waals surface area contributed by atoms with Crippen molar-refractivity contribution < 1.29 is 9.18 Å². The van der Waals surface area contributed by atoms with Crippen molar-refractivity contribution in [3.63, 3.8) is 0 Å². The molecule has 1 aliphatic rings. The SMILES string of the molecule is CC(C)Cn1c(SC2CCCCNC2=O)nnc1-c1ccccc1F. The molecule has 1 N–H and O–H groups in total. The van der Waals surface area contributed by atoms with Crippen LogP contribution in [-0.4, -0.2) is 32.5 Å².